The molecule has 2 aliphatic rings. The fourth-order valence-corrected chi connectivity index (χ4v) is 3.72. The van der Waals surface area contributed by atoms with Gasteiger partial charge < -0.3 is 10.2 Å². The van der Waals surface area contributed by atoms with Gasteiger partial charge in [-0.05, 0) is 39.7 Å². The van der Waals surface area contributed by atoms with Gasteiger partial charge in [0, 0.05) is 43.0 Å². The summed E-state index contributed by atoms with van der Waals surface area (Å²) in [5, 5.41) is 8.08. The summed E-state index contributed by atoms with van der Waals surface area (Å²) in [5.41, 5.74) is 1.31. The average molecular weight is 262 g/mol. The van der Waals surface area contributed by atoms with E-state index in [1.807, 2.05) is 10.9 Å². The van der Waals surface area contributed by atoms with Gasteiger partial charge in [-0.25, -0.2) is 0 Å². The van der Waals surface area contributed by atoms with Crippen molar-refractivity contribution in [3.05, 3.63) is 18.0 Å². The molecule has 3 rings (SSSR count). The second-order valence-corrected chi connectivity index (χ2v) is 6.16. The van der Waals surface area contributed by atoms with E-state index in [1.54, 1.807) is 0 Å². The Balaban J connectivity index is 1.53. The van der Waals surface area contributed by atoms with Crippen molar-refractivity contribution >= 4 is 0 Å². The number of hydrogen-bond donors (Lipinski definition) is 1. The largest absolute Gasteiger partial charge is 0.310 e. The van der Waals surface area contributed by atoms with Crippen LogP contribution in [-0.4, -0.2) is 39.9 Å². The third-order valence-electron chi connectivity index (χ3n) is 4.95. The number of aromatic nitrogens is 2. The summed E-state index contributed by atoms with van der Waals surface area (Å²) < 4.78 is 2.00. The van der Waals surface area contributed by atoms with Crippen molar-refractivity contribution in [2.45, 2.75) is 70.2 Å². The number of piperidine rings is 2. The summed E-state index contributed by atoms with van der Waals surface area (Å²) in [5.74, 6) is 0. The molecule has 3 heterocycles. The van der Waals surface area contributed by atoms with Crippen molar-refractivity contribution in [1.29, 1.82) is 0 Å². The maximum absolute atomic E-state index is 4.34. The van der Waals surface area contributed by atoms with Crippen LogP contribution in [0.5, 0.6) is 0 Å². The molecule has 0 saturated carbocycles. The predicted octanol–water partition coefficient (Wildman–Crippen LogP) is 2.01. The number of nitrogens with zero attached hydrogens (tertiary/aromatic N) is 3. The molecule has 1 aromatic rings. The van der Waals surface area contributed by atoms with Crippen LogP contribution in [0.2, 0.25) is 0 Å². The summed E-state index contributed by atoms with van der Waals surface area (Å²) in [7, 11) is 2.32. The van der Waals surface area contributed by atoms with Gasteiger partial charge in [0.05, 0.1) is 6.20 Å². The monoisotopic (exact) mass is 262 g/mol. The topological polar surface area (TPSA) is 33.1 Å². The summed E-state index contributed by atoms with van der Waals surface area (Å²) in [6.07, 6.45) is 11.0. The highest BCUT2D eigenvalue weighted by Crippen LogP contribution is 2.32. The van der Waals surface area contributed by atoms with Crippen LogP contribution in [0.4, 0.5) is 0 Å². The van der Waals surface area contributed by atoms with Gasteiger partial charge in [-0.1, -0.05) is 6.42 Å². The van der Waals surface area contributed by atoms with E-state index in [1.165, 1.54) is 37.7 Å². The second-order valence-electron chi connectivity index (χ2n) is 6.16. The first-order valence-electron chi connectivity index (χ1n) is 7.73. The molecule has 2 aliphatic heterocycles. The molecule has 1 aromatic heterocycles. The smallest absolute Gasteiger partial charge is 0.0534 e. The first kappa shape index (κ1) is 13.1. The Morgan fingerprint density at radius 1 is 1.32 bits per heavy atom. The van der Waals surface area contributed by atoms with Crippen LogP contribution in [0.15, 0.2) is 12.4 Å². The Kier molecular flexibility index (Phi) is 3.89. The zero-order valence-corrected chi connectivity index (χ0v) is 12.2. The molecule has 0 spiro atoms. The minimum absolute atomic E-state index is 0.691. The quantitative estimate of drug-likeness (QED) is 0.901. The van der Waals surface area contributed by atoms with Crippen molar-refractivity contribution in [1.82, 2.24) is 20.0 Å². The molecule has 2 atom stereocenters. The van der Waals surface area contributed by atoms with E-state index < -0.39 is 0 Å². The number of fused-ring (bicyclic) bond motifs is 2. The third-order valence-corrected chi connectivity index (χ3v) is 4.95. The van der Waals surface area contributed by atoms with Crippen LogP contribution in [-0.2, 0) is 13.1 Å². The Morgan fingerprint density at radius 2 is 2.05 bits per heavy atom. The first-order valence-corrected chi connectivity index (χ1v) is 7.73. The predicted molar refractivity (Wildman–Crippen MR) is 77.0 cm³/mol. The number of nitrogens with one attached hydrogen (secondary N) is 1. The van der Waals surface area contributed by atoms with Crippen LogP contribution in [0, 0.1) is 0 Å². The van der Waals surface area contributed by atoms with Crippen molar-refractivity contribution in [2.24, 2.45) is 0 Å². The van der Waals surface area contributed by atoms with E-state index in [4.69, 9.17) is 0 Å². The second kappa shape index (κ2) is 5.63. The Labute approximate surface area is 116 Å². The van der Waals surface area contributed by atoms with Crippen molar-refractivity contribution < 1.29 is 0 Å². The highest BCUT2D eigenvalue weighted by Gasteiger charge is 2.35. The highest BCUT2D eigenvalue weighted by molar-refractivity contribution is 5.04. The van der Waals surface area contributed by atoms with Gasteiger partial charge in [-0.2, -0.15) is 5.10 Å². The molecular formula is C15H26N4. The Bertz CT molecular complexity index is 400. The first-order chi connectivity index (χ1) is 9.26. The fourth-order valence-electron chi connectivity index (χ4n) is 3.72. The van der Waals surface area contributed by atoms with E-state index in [0.29, 0.717) is 6.04 Å². The number of aryl methyl sites for hydroxylation is 1. The van der Waals surface area contributed by atoms with Crippen LogP contribution >= 0.6 is 0 Å². The van der Waals surface area contributed by atoms with E-state index in [-0.39, 0.29) is 0 Å². The molecule has 2 saturated heterocycles. The SMILES string of the molecule is CCn1cc(CNC2CC3CCCC(C2)N3C)cn1. The average Bonchev–Trinajstić information content (AvgIpc) is 2.85. The normalized spacial score (nSPS) is 31.6. The lowest BCUT2D eigenvalue weighted by Crippen LogP contribution is -2.54. The molecule has 0 aliphatic carbocycles. The van der Waals surface area contributed by atoms with Gasteiger partial charge in [-0.15, -0.1) is 0 Å². The molecule has 4 nitrogen and oxygen atoms in total. The van der Waals surface area contributed by atoms with Gasteiger partial charge in [0.25, 0.3) is 0 Å². The molecule has 0 amide bonds. The lowest BCUT2D eigenvalue weighted by atomic mass is 9.82. The molecule has 2 fully saturated rings. The van der Waals surface area contributed by atoms with Gasteiger partial charge >= 0.3 is 0 Å². The minimum Gasteiger partial charge on any atom is -0.310 e. The molecule has 2 bridgehead atoms. The summed E-state index contributed by atoms with van der Waals surface area (Å²) in [6.45, 7) is 4.05. The highest BCUT2D eigenvalue weighted by atomic mass is 15.3. The molecule has 1 N–H and O–H groups in total. The maximum atomic E-state index is 4.34. The zero-order chi connectivity index (χ0) is 13.2. The molecule has 4 heteroatoms. The van der Waals surface area contributed by atoms with E-state index in [9.17, 15) is 0 Å². The Morgan fingerprint density at radius 3 is 2.68 bits per heavy atom. The van der Waals surface area contributed by atoms with Gasteiger partial charge in [0.2, 0.25) is 0 Å². The fraction of sp³-hybridized carbons (Fsp3) is 0.800. The van der Waals surface area contributed by atoms with Crippen molar-refractivity contribution in [3.63, 3.8) is 0 Å². The molecule has 2 unspecified atom stereocenters. The lowest BCUT2D eigenvalue weighted by Gasteiger charge is -2.47. The molecule has 0 aromatic carbocycles. The van der Waals surface area contributed by atoms with E-state index in [2.05, 4.69) is 35.5 Å². The van der Waals surface area contributed by atoms with Gasteiger partial charge in [-0.3, -0.25) is 4.68 Å². The van der Waals surface area contributed by atoms with Crippen LogP contribution in [0.3, 0.4) is 0 Å². The summed E-state index contributed by atoms with van der Waals surface area (Å²) in [6, 6.07) is 2.31. The minimum atomic E-state index is 0.691. The molecule has 19 heavy (non-hydrogen) atoms. The van der Waals surface area contributed by atoms with E-state index >= 15 is 0 Å². The number of rotatable bonds is 4. The standard InChI is InChI=1S/C15H26N4/c1-3-19-11-12(10-17-19)9-16-13-7-14-5-4-6-15(8-13)18(14)2/h10-11,13-16H,3-9H2,1-2H3. The zero-order valence-electron chi connectivity index (χ0n) is 12.2. The van der Waals surface area contributed by atoms with Crippen LogP contribution in [0.1, 0.15) is 44.6 Å². The van der Waals surface area contributed by atoms with Gasteiger partial charge in [0.1, 0.15) is 0 Å². The summed E-state index contributed by atoms with van der Waals surface area (Å²) in [4.78, 5) is 2.62. The van der Waals surface area contributed by atoms with Crippen LogP contribution in [0.25, 0.3) is 0 Å². The van der Waals surface area contributed by atoms with E-state index in [0.717, 1.165) is 25.2 Å². The molecular weight excluding hydrogens is 236 g/mol. The molecule has 0 radical (unpaired) electrons. The van der Waals surface area contributed by atoms with Crippen molar-refractivity contribution in [3.8, 4) is 0 Å². The maximum Gasteiger partial charge on any atom is 0.0534 e. The third kappa shape index (κ3) is 2.84. The Hall–Kier alpha value is -0.870. The van der Waals surface area contributed by atoms with Gasteiger partial charge in [0.15, 0.2) is 0 Å². The summed E-state index contributed by atoms with van der Waals surface area (Å²) >= 11 is 0. The lowest BCUT2D eigenvalue weighted by molar-refractivity contribution is 0.0482. The number of hydrogen-bond acceptors (Lipinski definition) is 3. The molecule has 106 valence electrons. The van der Waals surface area contributed by atoms with Crippen LogP contribution < -0.4 is 5.32 Å². The van der Waals surface area contributed by atoms with Crippen molar-refractivity contribution in [2.75, 3.05) is 7.05 Å².